The van der Waals surface area contributed by atoms with Crippen molar-refractivity contribution in [1.29, 1.82) is 0 Å². The summed E-state index contributed by atoms with van der Waals surface area (Å²) >= 11 is 6.01. The highest BCUT2D eigenvalue weighted by molar-refractivity contribution is 6.33. The van der Waals surface area contributed by atoms with Gasteiger partial charge in [-0.2, -0.15) is 0 Å². The Morgan fingerprint density at radius 3 is 2.37 bits per heavy atom. The molecule has 0 unspecified atom stereocenters. The molecular weight excluding hydrogens is 258 g/mol. The van der Waals surface area contributed by atoms with Crippen molar-refractivity contribution in [1.82, 2.24) is 5.32 Å². The highest BCUT2D eigenvalue weighted by atomic mass is 35.5. The summed E-state index contributed by atoms with van der Waals surface area (Å²) in [6, 6.07) is 15.1. The fraction of sp³-hybridized carbons (Fsp3) is 0.188. The molecule has 2 aromatic carbocycles. The molecule has 2 rings (SSSR count). The van der Waals surface area contributed by atoms with Crippen LogP contribution in [0.2, 0.25) is 5.02 Å². The van der Waals surface area contributed by atoms with Crippen LogP contribution in [0.4, 0.5) is 0 Å². The first-order chi connectivity index (χ1) is 9.08. The molecule has 0 aliphatic carbocycles. The molecule has 2 nitrogen and oxygen atoms in total. The third-order valence-electron chi connectivity index (χ3n) is 3.04. The molecule has 0 fully saturated rings. The van der Waals surface area contributed by atoms with E-state index in [4.69, 9.17) is 11.6 Å². The van der Waals surface area contributed by atoms with Crippen molar-refractivity contribution in [2.45, 2.75) is 19.9 Å². The summed E-state index contributed by atoms with van der Waals surface area (Å²) in [5.41, 5.74) is 2.78. The van der Waals surface area contributed by atoms with Crippen LogP contribution in [0.5, 0.6) is 0 Å². The van der Waals surface area contributed by atoms with E-state index in [0.717, 1.165) is 5.56 Å². The second kappa shape index (κ2) is 5.89. The Morgan fingerprint density at radius 1 is 1.11 bits per heavy atom. The van der Waals surface area contributed by atoms with Crippen LogP contribution in [-0.4, -0.2) is 5.91 Å². The summed E-state index contributed by atoms with van der Waals surface area (Å²) in [5, 5.41) is 3.42. The van der Waals surface area contributed by atoms with Gasteiger partial charge in [-0.3, -0.25) is 4.79 Å². The van der Waals surface area contributed by atoms with E-state index in [1.165, 1.54) is 5.56 Å². The van der Waals surface area contributed by atoms with Gasteiger partial charge in [-0.25, -0.2) is 0 Å². The average molecular weight is 274 g/mol. The summed E-state index contributed by atoms with van der Waals surface area (Å²) in [6.45, 7) is 4.00. The SMILES string of the molecule is Cc1ccc([C@H](C)NC(=O)c2ccccc2Cl)cc1. The molecule has 0 saturated heterocycles. The van der Waals surface area contributed by atoms with Crippen LogP contribution in [0.25, 0.3) is 0 Å². The quantitative estimate of drug-likeness (QED) is 0.895. The van der Waals surface area contributed by atoms with Gasteiger partial charge >= 0.3 is 0 Å². The molecule has 19 heavy (non-hydrogen) atoms. The lowest BCUT2D eigenvalue weighted by molar-refractivity contribution is 0.0940. The molecule has 1 atom stereocenters. The van der Waals surface area contributed by atoms with E-state index in [0.29, 0.717) is 10.6 Å². The zero-order valence-corrected chi connectivity index (χ0v) is 11.7. The lowest BCUT2D eigenvalue weighted by Crippen LogP contribution is -2.26. The first kappa shape index (κ1) is 13.6. The number of aryl methyl sites for hydroxylation is 1. The van der Waals surface area contributed by atoms with E-state index in [2.05, 4.69) is 5.32 Å². The van der Waals surface area contributed by atoms with E-state index in [9.17, 15) is 4.79 Å². The molecule has 0 radical (unpaired) electrons. The van der Waals surface area contributed by atoms with Crippen LogP contribution in [0.1, 0.15) is 34.5 Å². The molecule has 1 amide bonds. The van der Waals surface area contributed by atoms with Crippen molar-refractivity contribution in [3.63, 3.8) is 0 Å². The second-order valence-electron chi connectivity index (χ2n) is 4.59. The normalized spacial score (nSPS) is 11.9. The highest BCUT2D eigenvalue weighted by Crippen LogP contribution is 2.18. The Bertz CT molecular complexity index is 578. The minimum atomic E-state index is -0.154. The third kappa shape index (κ3) is 3.36. The summed E-state index contributed by atoms with van der Waals surface area (Å²) in [4.78, 5) is 12.1. The van der Waals surface area contributed by atoms with Crippen LogP contribution in [0.3, 0.4) is 0 Å². The van der Waals surface area contributed by atoms with Gasteiger partial charge in [0.25, 0.3) is 5.91 Å². The molecule has 0 spiro atoms. The Labute approximate surface area is 118 Å². The summed E-state index contributed by atoms with van der Waals surface area (Å²) in [7, 11) is 0. The van der Waals surface area contributed by atoms with E-state index < -0.39 is 0 Å². The van der Waals surface area contributed by atoms with Crippen molar-refractivity contribution in [3.8, 4) is 0 Å². The number of hydrogen-bond donors (Lipinski definition) is 1. The monoisotopic (exact) mass is 273 g/mol. The molecule has 0 aliphatic rings. The fourth-order valence-corrected chi connectivity index (χ4v) is 2.08. The maximum atomic E-state index is 12.1. The number of amides is 1. The van der Waals surface area contributed by atoms with Gasteiger partial charge in [0.2, 0.25) is 0 Å². The first-order valence-corrected chi connectivity index (χ1v) is 6.57. The maximum Gasteiger partial charge on any atom is 0.253 e. The van der Waals surface area contributed by atoms with Crippen LogP contribution < -0.4 is 5.32 Å². The summed E-state index contributed by atoms with van der Waals surface area (Å²) in [6.07, 6.45) is 0. The molecule has 0 aromatic heterocycles. The summed E-state index contributed by atoms with van der Waals surface area (Å²) < 4.78 is 0. The standard InChI is InChI=1S/C16H16ClNO/c1-11-7-9-13(10-8-11)12(2)18-16(19)14-5-3-4-6-15(14)17/h3-10,12H,1-2H3,(H,18,19)/t12-/m0/s1. The predicted molar refractivity (Wildman–Crippen MR) is 78.5 cm³/mol. The van der Waals surface area contributed by atoms with E-state index in [1.54, 1.807) is 18.2 Å². The van der Waals surface area contributed by atoms with Crippen LogP contribution in [0.15, 0.2) is 48.5 Å². The number of benzene rings is 2. The van der Waals surface area contributed by atoms with Crippen molar-refractivity contribution >= 4 is 17.5 Å². The van der Waals surface area contributed by atoms with E-state index in [-0.39, 0.29) is 11.9 Å². The molecule has 0 aliphatic heterocycles. The molecule has 0 heterocycles. The third-order valence-corrected chi connectivity index (χ3v) is 3.37. The van der Waals surface area contributed by atoms with Crippen molar-refractivity contribution in [2.75, 3.05) is 0 Å². The Balaban J connectivity index is 2.11. The van der Waals surface area contributed by atoms with Gasteiger partial charge in [0.05, 0.1) is 16.6 Å². The zero-order chi connectivity index (χ0) is 13.8. The van der Waals surface area contributed by atoms with Crippen molar-refractivity contribution < 1.29 is 4.79 Å². The lowest BCUT2D eigenvalue weighted by Gasteiger charge is -2.15. The number of halogens is 1. The number of rotatable bonds is 3. The van der Waals surface area contributed by atoms with Crippen LogP contribution in [0, 0.1) is 6.92 Å². The lowest BCUT2D eigenvalue weighted by atomic mass is 10.1. The van der Waals surface area contributed by atoms with E-state index >= 15 is 0 Å². The minimum absolute atomic E-state index is 0.0515. The number of nitrogens with one attached hydrogen (secondary N) is 1. The molecule has 3 heteroatoms. The summed E-state index contributed by atoms with van der Waals surface area (Å²) in [5.74, 6) is -0.154. The van der Waals surface area contributed by atoms with Crippen LogP contribution in [-0.2, 0) is 0 Å². The molecule has 1 N–H and O–H groups in total. The van der Waals surface area contributed by atoms with Crippen LogP contribution >= 0.6 is 11.6 Å². The Morgan fingerprint density at radius 2 is 1.74 bits per heavy atom. The zero-order valence-electron chi connectivity index (χ0n) is 11.0. The van der Waals surface area contributed by atoms with Gasteiger partial charge in [-0.05, 0) is 31.5 Å². The molecule has 0 saturated carbocycles. The number of carbonyl (C=O) groups excluding carboxylic acids is 1. The number of hydrogen-bond acceptors (Lipinski definition) is 1. The smallest absolute Gasteiger partial charge is 0.253 e. The van der Waals surface area contributed by atoms with Crippen molar-refractivity contribution in [3.05, 3.63) is 70.2 Å². The number of carbonyl (C=O) groups is 1. The van der Waals surface area contributed by atoms with Crippen molar-refractivity contribution in [2.24, 2.45) is 0 Å². The van der Waals surface area contributed by atoms with Gasteiger partial charge in [0.1, 0.15) is 0 Å². The van der Waals surface area contributed by atoms with Gasteiger partial charge in [-0.1, -0.05) is 53.6 Å². The first-order valence-electron chi connectivity index (χ1n) is 6.20. The maximum absolute atomic E-state index is 12.1. The molecule has 98 valence electrons. The Hall–Kier alpha value is -1.80. The second-order valence-corrected chi connectivity index (χ2v) is 4.99. The molecule has 0 bridgehead atoms. The van der Waals surface area contributed by atoms with Gasteiger partial charge < -0.3 is 5.32 Å². The minimum Gasteiger partial charge on any atom is -0.345 e. The highest BCUT2D eigenvalue weighted by Gasteiger charge is 2.13. The fourth-order valence-electron chi connectivity index (χ4n) is 1.86. The Kier molecular flexibility index (Phi) is 4.23. The molecule has 2 aromatic rings. The van der Waals surface area contributed by atoms with Gasteiger partial charge in [-0.15, -0.1) is 0 Å². The van der Waals surface area contributed by atoms with Gasteiger partial charge in [0, 0.05) is 0 Å². The van der Waals surface area contributed by atoms with Gasteiger partial charge in [0.15, 0.2) is 0 Å². The topological polar surface area (TPSA) is 29.1 Å². The average Bonchev–Trinajstić information content (AvgIpc) is 2.39. The molecular formula is C16H16ClNO. The predicted octanol–water partition coefficient (Wildman–Crippen LogP) is 4.14. The van der Waals surface area contributed by atoms with E-state index in [1.807, 2.05) is 44.2 Å². The largest absolute Gasteiger partial charge is 0.345 e.